The van der Waals surface area contributed by atoms with Gasteiger partial charge in [-0.1, -0.05) is 11.8 Å². The van der Waals surface area contributed by atoms with Crippen molar-refractivity contribution >= 4 is 17.7 Å². The molecule has 1 unspecified atom stereocenters. The van der Waals surface area contributed by atoms with Crippen LogP contribution in [0.5, 0.6) is 5.75 Å². The lowest BCUT2D eigenvalue weighted by Gasteiger charge is -2.33. The van der Waals surface area contributed by atoms with Gasteiger partial charge in [0.25, 0.3) is 5.91 Å². The predicted octanol–water partition coefficient (Wildman–Crippen LogP) is 4.02. The SMILES string of the molecule is Cc1cnc(SCCN2CCOCC2)nc1C1CCCN(C(=O)c2ccc(OC(C)C)cc2)C1. The van der Waals surface area contributed by atoms with Crippen LogP contribution in [0.25, 0.3) is 0 Å². The third-order valence-corrected chi connectivity index (χ3v) is 7.14. The molecule has 1 atom stereocenters. The van der Waals surface area contributed by atoms with E-state index < -0.39 is 0 Å². The van der Waals surface area contributed by atoms with Gasteiger partial charge in [0.05, 0.1) is 25.0 Å². The number of aromatic nitrogens is 2. The standard InChI is InChI=1S/C26H36N4O3S/c1-19(2)33-23-8-6-21(7-9-23)25(31)30-10-4-5-22(18-30)24-20(3)17-27-26(28-24)34-16-13-29-11-14-32-15-12-29/h6-9,17,19,22H,4-5,10-16,18H2,1-3H3. The molecule has 8 heteroatoms. The van der Waals surface area contributed by atoms with E-state index in [0.717, 1.165) is 80.2 Å². The van der Waals surface area contributed by atoms with E-state index in [0.29, 0.717) is 12.1 Å². The second-order valence-corrected chi connectivity index (χ2v) is 10.4. The zero-order valence-corrected chi connectivity index (χ0v) is 21.4. The summed E-state index contributed by atoms with van der Waals surface area (Å²) < 4.78 is 11.1. The smallest absolute Gasteiger partial charge is 0.253 e. The van der Waals surface area contributed by atoms with Gasteiger partial charge in [-0.05, 0) is 63.4 Å². The van der Waals surface area contributed by atoms with Gasteiger partial charge in [-0.3, -0.25) is 9.69 Å². The maximum atomic E-state index is 13.2. The van der Waals surface area contributed by atoms with Crippen molar-refractivity contribution in [1.82, 2.24) is 19.8 Å². The van der Waals surface area contributed by atoms with Crippen LogP contribution in [0.15, 0.2) is 35.6 Å². The lowest BCUT2D eigenvalue weighted by atomic mass is 9.92. The molecule has 0 saturated carbocycles. The average molecular weight is 485 g/mol. The molecule has 0 bridgehead atoms. The summed E-state index contributed by atoms with van der Waals surface area (Å²) in [4.78, 5) is 27.1. The van der Waals surface area contributed by atoms with Crippen molar-refractivity contribution in [2.24, 2.45) is 0 Å². The van der Waals surface area contributed by atoms with Gasteiger partial charge in [-0.25, -0.2) is 9.97 Å². The minimum absolute atomic E-state index is 0.0765. The minimum Gasteiger partial charge on any atom is -0.491 e. The second kappa shape index (κ2) is 12.0. The number of ether oxygens (including phenoxy) is 2. The van der Waals surface area contributed by atoms with Crippen molar-refractivity contribution in [2.75, 3.05) is 51.7 Å². The molecule has 1 amide bonds. The number of morpholine rings is 1. The molecule has 0 radical (unpaired) electrons. The zero-order valence-electron chi connectivity index (χ0n) is 20.5. The van der Waals surface area contributed by atoms with Gasteiger partial charge in [0, 0.05) is 56.2 Å². The van der Waals surface area contributed by atoms with E-state index in [9.17, 15) is 4.79 Å². The molecule has 0 N–H and O–H groups in total. The first-order valence-electron chi connectivity index (χ1n) is 12.3. The van der Waals surface area contributed by atoms with Crippen molar-refractivity contribution in [2.45, 2.75) is 50.8 Å². The van der Waals surface area contributed by atoms with Crippen LogP contribution in [0.4, 0.5) is 0 Å². The first kappa shape index (κ1) is 24.9. The summed E-state index contributed by atoms with van der Waals surface area (Å²) >= 11 is 1.71. The van der Waals surface area contributed by atoms with Crippen molar-refractivity contribution in [3.63, 3.8) is 0 Å². The maximum Gasteiger partial charge on any atom is 0.253 e. The molecule has 184 valence electrons. The number of nitrogens with zero attached hydrogens (tertiary/aromatic N) is 4. The molecule has 0 spiro atoms. The van der Waals surface area contributed by atoms with E-state index >= 15 is 0 Å². The Kier molecular flexibility index (Phi) is 8.80. The fourth-order valence-electron chi connectivity index (χ4n) is 4.53. The second-order valence-electron chi connectivity index (χ2n) is 9.30. The Morgan fingerprint density at radius 2 is 1.97 bits per heavy atom. The molecule has 2 aliphatic rings. The Bertz CT molecular complexity index is 948. The topological polar surface area (TPSA) is 67.8 Å². The molecule has 1 aromatic carbocycles. The fourth-order valence-corrected chi connectivity index (χ4v) is 5.35. The van der Waals surface area contributed by atoms with Crippen molar-refractivity contribution in [3.05, 3.63) is 47.3 Å². The largest absolute Gasteiger partial charge is 0.491 e. The van der Waals surface area contributed by atoms with E-state index in [-0.39, 0.29) is 17.9 Å². The summed E-state index contributed by atoms with van der Waals surface area (Å²) in [5, 5.41) is 0.832. The number of hydrogen-bond acceptors (Lipinski definition) is 7. The summed E-state index contributed by atoms with van der Waals surface area (Å²) in [5.74, 6) is 2.07. The summed E-state index contributed by atoms with van der Waals surface area (Å²) in [6.45, 7) is 12.2. The van der Waals surface area contributed by atoms with Crippen molar-refractivity contribution in [1.29, 1.82) is 0 Å². The third-order valence-electron chi connectivity index (χ3n) is 6.30. The van der Waals surface area contributed by atoms with E-state index in [2.05, 4.69) is 16.8 Å². The molecular weight excluding hydrogens is 448 g/mol. The lowest BCUT2D eigenvalue weighted by molar-refractivity contribution is 0.0410. The van der Waals surface area contributed by atoms with Crippen LogP contribution in [-0.2, 0) is 4.74 Å². The number of benzene rings is 1. The molecule has 34 heavy (non-hydrogen) atoms. The highest BCUT2D eigenvalue weighted by molar-refractivity contribution is 7.99. The van der Waals surface area contributed by atoms with Crippen molar-refractivity contribution in [3.8, 4) is 5.75 Å². The average Bonchev–Trinajstić information content (AvgIpc) is 2.85. The zero-order chi connectivity index (χ0) is 23.9. The predicted molar refractivity (Wildman–Crippen MR) is 135 cm³/mol. The van der Waals surface area contributed by atoms with E-state index in [1.165, 1.54) is 0 Å². The number of carbonyl (C=O) groups is 1. The third kappa shape index (κ3) is 6.71. The highest BCUT2D eigenvalue weighted by Crippen LogP contribution is 2.30. The Hall–Kier alpha value is -2.16. The van der Waals surface area contributed by atoms with E-state index in [1.807, 2.05) is 49.2 Å². The Balaban J connectivity index is 1.37. The molecule has 2 aliphatic heterocycles. The first-order chi connectivity index (χ1) is 16.5. The summed E-state index contributed by atoms with van der Waals surface area (Å²) in [7, 11) is 0. The highest BCUT2D eigenvalue weighted by Gasteiger charge is 2.28. The highest BCUT2D eigenvalue weighted by atomic mass is 32.2. The van der Waals surface area contributed by atoms with Crippen LogP contribution in [0.1, 0.15) is 54.2 Å². The molecule has 4 rings (SSSR count). The van der Waals surface area contributed by atoms with Gasteiger partial charge in [-0.2, -0.15) is 0 Å². The molecule has 2 saturated heterocycles. The van der Waals surface area contributed by atoms with Gasteiger partial charge in [-0.15, -0.1) is 0 Å². The summed E-state index contributed by atoms with van der Waals surface area (Å²) in [5.41, 5.74) is 2.89. The molecule has 1 aromatic heterocycles. The monoisotopic (exact) mass is 484 g/mol. The van der Waals surface area contributed by atoms with Crippen LogP contribution in [0, 0.1) is 6.92 Å². The number of carbonyl (C=O) groups excluding carboxylic acids is 1. The quantitative estimate of drug-likeness (QED) is 0.414. The van der Waals surface area contributed by atoms with Crippen LogP contribution < -0.4 is 4.74 Å². The molecular formula is C26H36N4O3S. The number of hydrogen-bond donors (Lipinski definition) is 0. The minimum atomic E-state index is 0.0765. The molecule has 7 nitrogen and oxygen atoms in total. The summed E-state index contributed by atoms with van der Waals surface area (Å²) in [6, 6.07) is 7.49. The summed E-state index contributed by atoms with van der Waals surface area (Å²) in [6.07, 6.45) is 4.07. The number of aryl methyl sites for hydroxylation is 1. The van der Waals surface area contributed by atoms with Gasteiger partial charge < -0.3 is 14.4 Å². The molecule has 2 fully saturated rings. The number of amides is 1. The number of likely N-dealkylation sites (tertiary alicyclic amines) is 1. The van der Waals surface area contributed by atoms with Gasteiger partial charge in [0.2, 0.25) is 0 Å². The Morgan fingerprint density at radius 3 is 2.71 bits per heavy atom. The van der Waals surface area contributed by atoms with Gasteiger partial charge in [0.15, 0.2) is 5.16 Å². The van der Waals surface area contributed by atoms with Crippen LogP contribution in [0.3, 0.4) is 0 Å². The van der Waals surface area contributed by atoms with Crippen LogP contribution in [0.2, 0.25) is 0 Å². The normalized spacial score (nSPS) is 19.4. The fraction of sp³-hybridized carbons (Fsp3) is 0.577. The number of thioether (sulfide) groups is 1. The Labute approximate surface area is 207 Å². The van der Waals surface area contributed by atoms with Gasteiger partial charge >= 0.3 is 0 Å². The maximum absolute atomic E-state index is 13.2. The lowest BCUT2D eigenvalue weighted by Crippen LogP contribution is -2.39. The van der Waals surface area contributed by atoms with E-state index in [1.54, 1.807) is 11.8 Å². The molecule has 3 heterocycles. The molecule has 2 aromatic rings. The van der Waals surface area contributed by atoms with Crippen molar-refractivity contribution < 1.29 is 14.3 Å². The molecule has 0 aliphatic carbocycles. The Morgan fingerprint density at radius 1 is 1.21 bits per heavy atom. The van der Waals surface area contributed by atoms with Crippen LogP contribution >= 0.6 is 11.8 Å². The van der Waals surface area contributed by atoms with Crippen LogP contribution in [-0.4, -0.2) is 83.5 Å². The first-order valence-corrected chi connectivity index (χ1v) is 13.3. The number of rotatable bonds is 8. The number of piperidine rings is 1. The van der Waals surface area contributed by atoms with Gasteiger partial charge in [0.1, 0.15) is 5.75 Å². The van der Waals surface area contributed by atoms with E-state index in [4.69, 9.17) is 14.5 Å².